The Morgan fingerprint density at radius 3 is 0.862 bits per heavy atom. The van der Waals surface area contributed by atoms with Crippen molar-refractivity contribution in [2.75, 3.05) is 0 Å². The van der Waals surface area contributed by atoms with Crippen LogP contribution in [0.1, 0.15) is 109 Å². The van der Waals surface area contributed by atoms with E-state index in [9.17, 15) is 19.8 Å². The highest BCUT2D eigenvalue weighted by Crippen LogP contribution is 2.19. The van der Waals surface area contributed by atoms with Crippen LogP contribution in [-0.4, -0.2) is 36.1 Å². The fraction of sp³-hybridized carbons (Fsp3) is 0.913. The van der Waals surface area contributed by atoms with Gasteiger partial charge in [0.1, 0.15) is 0 Å². The molecule has 0 amide bonds. The van der Waals surface area contributed by atoms with E-state index in [1.807, 2.05) is 0 Å². The molecule has 0 aromatic heterocycles. The van der Waals surface area contributed by atoms with Gasteiger partial charge in [-0.1, -0.05) is 0 Å². The molecule has 4 fully saturated rings. The molecule has 0 aromatic carbocycles. The second kappa shape index (κ2) is 14.0. The molecule has 4 aliphatic rings. The second-order valence-electron chi connectivity index (χ2n) is 9.48. The van der Waals surface area contributed by atoms with E-state index in [-0.39, 0.29) is 0 Å². The number of carboxylic acid groups (broad SMARTS) is 2. The summed E-state index contributed by atoms with van der Waals surface area (Å²) in [6.45, 7) is 0. The van der Waals surface area contributed by atoms with Crippen LogP contribution in [0.25, 0.3) is 0 Å². The fourth-order valence-corrected chi connectivity index (χ4v) is 5.49. The molecule has 0 atom stereocenters. The van der Waals surface area contributed by atoms with Crippen molar-refractivity contribution in [1.82, 2.24) is 0 Å². The summed E-state index contributed by atoms with van der Waals surface area (Å²) in [7, 11) is 0. The summed E-state index contributed by atoms with van der Waals surface area (Å²) >= 11 is 0. The maximum absolute atomic E-state index is 9.28. The molecule has 0 saturated heterocycles. The molecule has 0 bridgehead atoms. The number of hydrogen-bond donors (Lipinski definition) is 2. The predicted molar refractivity (Wildman–Crippen MR) is 108 cm³/mol. The molecular weight excluding hydrogens is 368 g/mol. The first-order chi connectivity index (χ1) is 14.0. The van der Waals surface area contributed by atoms with Gasteiger partial charge in [-0.05, 0) is 103 Å². The number of carbonyl (C=O) groups excluding carboxylic acids is 2. The van der Waals surface area contributed by atoms with E-state index < -0.39 is 18.4 Å². The zero-order valence-electron chi connectivity index (χ0n) is 18.1. The molecule has 0 unspecified atom stereocenters. The highest BCUT2D eigenvalue weighted by molar-refractivity contribution is 5.86. The molecule has 4 saturated carbocycles. The molecule has 0 heterocycles. The number of carboxylic acids is 2. The van der Waals surface area contributed by atoms with E-state index in [4.69, 9.17) is 0 Å². The van der Waals surface area contributed by atoms with E-state index in [2.05, 4.69) is 10.6 Å². The summed E-state index contributed by atoms with van der Waals surface area (Å²) in [4.78, 5) is 18.6. The Kier molecular flexibility index (Phi) is 11.6. The van der Waals surface area contributed by atoms with Gasteiger partial charge in [-0.25, -0.2) is 0 Å². The lowest BCUT2D eigenvalue weighted by Crippen LogP contribution is -2.94. The van der Waals surface area contributed by atoms with Gasteiger partial charge in [0.25, 0.3) is 0 Å². The van der Waals surface area contributed by atoms with Crippen LogP contribution in [-0.2, 0) is 9.59 Å². The third kappa shape index (κ3) is 11.0. The Morgan fingerprint density at radius 2 is 0.724 bits per heavy atom. The van der Waals surface area contributed by atoms with Gasteiger partial charge in [-0.2, -0.15) is 0 Å². The highest BCUT2D eigenvalue weighted by atomic mass is 16.4. The van der Waals surface area contributed by atoms with E-state index in [0.717, 1.165) is 24.2 Å². The number of aliphatic carboxylic acids is 2. The topological polar surface area (TPSA) is 113 Å². The number of nitrogens with two attached hydrogens (primary N) is 2. The molecule has 6 heteroatoms. The van der Waals surface area contributed by atoms with Gasteiger partial charge in [0.05, 0.1) is 24.2 Å². The number of quaternary nitrogens is 2. The molecule has 29 heavy (non-hydrogen) atoms. The third-order valence-electron chi connectivity index (χ3n) is 6.98. The number of rotatable bonds is 6. The first kappa shape index (κ1) is 24.1. The Hall–Kier alpha value is -1.14. The first-order valence-electron chi connectivity index (χ1n) is 12.1. The van der Waals surface area contributed by atoms with Crippen LogP contribution >= 0.6 is 0 Å². The zero-order valence-corrected chi connectivity index (χ0v) is 18.1. The average Bonchev–Trinajstić information content (AvgIpc) is 3.46. The van der Waals surface area contributed by atoms with Crippen molar-refractivity contribution in [2.45, 2.75) is 133 Å². The minimum atomic E-state index is -1.63. The minimum Gasteiger partial charge on any atom is -0.550 e. The molecule has 0 aromatic rings. The maximum atomic E-state index is 9.28. The van der Waals surface area contributed by atoms with Crippen molar-refractivity contribution < 1.29 is 30.4 Å². The Bertz CT molecular complexity index is 391. The summed E-state index contributed by atoms with van der Waals surface area (Å²) < 4.78 is 0. The molecule has 4 N–H and O–H groups in total. The Balaban J connectivity index is 0.000000161. The molecule has 4 rings (SSSR count). The number of carbonyl (C=O) groups is 2. The van der Waals surface area contributed by atoms with Gasteiger partial charge in [0, 0.05) is 18.4 Å². The monoisotopic (exact) mass is 410 g/mol. The van der Waals surface area contributed by atoms with E-state index in [0.29, 0.717) is 0 Å². The quantitative estimate of drug-likeness (QED) is 0.588. The third-order valence-corrected chi connectivity index (χ3v) is 6.98. The van der Waals surface area contributed by atoms with Crippen molar-refractivity contribution >= 4 is 11.9 Å². The molecule has 0 radical (unpaired) electrons. The summed E-state index contributed by atoms with van der Waals surface area (Å²) in [5.41, 5.74) is 0. The molecule has 0 spiro atoms. The Morgan fingerprint density at radius 1 is 0.517 bits per heavy atom. The normalized spacial score (nSPS) is 23.4. The van der Waals surface area contributed by atoms with Crippen LogP contribution in [0.5, 0.6) is 0 Å². The van der Waals surface area contributed by atoms with Gasteiger partial charge in [-0.3, -0.25) is 0 Å². The lowest BCUT2D eigenvalue weighted by Gasteiger charge is -2.13. The van der Waals surface area contributed by atoms with E-state index in [1.165, 1.54) is 103 Å². The molecule has 4 aliphatic carbocycles. The molecule has 6 nitrogen and oxygen atoms in total. The lowest BCUT2D eigenvalue weighted by atomic mass is 10.2. The fourth-order valence-electron chi connectivity index (χ4n) is 5.49. The van der Waals surface area contributed by atoms with Crippen molar-refractivity contribution in [2.24, 2.45) is 0 Å². The van der Waals surface area contributed by atoms with E-state index in [1.54, 1.807) is 0 Å². The summed E-state index contributed by atoms with van der Waals surface area (Å²) in [6, 6.07) is 4.05. The van der Waals surface area contributed by atoms with Gasteiger partial charge in [-0.15, -0.1) is 0 Å². The van der Waals surface area contributed by atoms with Gasteiger partial charge in [0.15, 0.2) is 0 Å². The average molecular weight is 411 g/mol. The van der Waals surface area contributed by atoms with Crippen LogP contribution in [0.2, 0.25) is 0 Å². The van der Waals surface area contributed by atoms with Gasteiger partial charge < -0.3 is 30.4 Å². The van der Waals surface area contributed by atoms with Crippen LogP contribution in [0.15, 0.2) is 0 Å². The van der Waals surface area contributed by atoms with Crippen molar-refractivity contribution in [3.05, 3.63) is 0 Å². The number of hydrogen-bond acceptors (Lipinski definition) is 4. The molecule has 0 aliphatic heterocycles. The largest absolute Gasteiger partial charge is 0.550 e. The predicted octanol–water partition coefficient (Wildman–Crippen LogP) is -0.254. The minimum absolute atomic E-state index is 1.01. The summed E-state index contributed by atoms with van der Waals surface area (Å²) in [6.07, 6.45) is 22.9. The van der Waals surface area contributed by atoms with Crippen LogP contribution < -0.4 is 20.8 Å². The van der Waals surface area contributed by atoms with Gasteiger partial charge >= 0.3 is 0 Å². The standard InChI is InChI=1S/2C10H19N.C3H4O4/c2*1-2-6-9(5-1)11-10-7-3-4-8-10;4-2(5)1-3(6)7/h2*9-11H,1-8H2;1H2,(H,4,5)(H,6,7). The summed E-state index contributed by atoms with van der Waals surface area (Å²) in [5, 5.41) is 23.9. The Labute approximate surface area is 176 Å². The van der Waals surface area contributed by atoms with Crippen LogP contribution in [0.4, 0.5) is 0 Å². The van der Waals surface area contributed by atoms with E-state index >= 15 is 0 Å². The van der Waals surface area contributed by atoms with Gasteiger partial charge in [0.2, 0.25) is 0 Å². The smallest absolute Gasteiger partial charge is 0.0861 e. The first-order valence-corrected chi connectivity index (χ1v) is 12.1. The molecular formula is C23H42N2O4. The van der Waals surface area contributed by atoms with Crippen LogP contribution in [0.3, 0.4) is 0 Å². The van der Waals surface area contributed by atoms with Crippen LogP contribution in [0, 0.1) is 0 Å². The van der Waals surface area contributed by atoms with Crippen molar-refractivity contribution in [3.8, 4) is 0 Å². The SMILES string of the molecule is C1CCC([NH2+]C2CCCC2)C1.C1CCC([NH2+]C2CCCC2)C1.O=C([O-])CC(=O)[O-]. The maximum Gasteiger partial charge on any atom is 0.0861 e. The second-order valence-corrected chi connectivity index (χ2v) is 9.48. The van der Waals surface area contributed by atoms with Crippen molar-refractivity contribution in [3.63, 3.8) is 0 Å². The van der Waals surface area contributed by atoms with Crippen molar-refractivity contribution in [1.29, 1.82) is 0 Å². The molecule has 168 valence electrons. The zero-order chi connectivity index (χ0) is 20.9. The summed E-state index contributed by atoms with van der Waals surface area (Å²) in [5.74, 6) is -3.25. The lowest BCUT2D eigenvalue weighted by molar-refractivity contribution is -0.719. The highest BCUT2D eigenvalue weighted by Gasteiger charge is 2.25.